The number of rotatable bonds is 2. The van der Waals surface area contributed by atoms with Crippen LogP contribution in [0.1, 0.15) is 24.9 Å². The molecule has 0 aliphatic carbocycles. The summed E-state index contributed by atoms with van der Waals surface area (Å²) in [5.41, 5.74) is 4.45. The van der Waals surface area contributed by atoms with Crippen LogP contribution in [-0.2, 0) is 4.84 Å². The molecule has 0 aromatic carbocycles. The Hall–Kier alpha value is -0.0300. The highest BCUT2D eigenvalue weighted by Crippen LogP contribution is 2.43. The van der Waals surface area contributed by atoms with Gasteiger partial charge in [-0.15, -0.1) is 23.1 Å². The first-order valence-electron chi connectivity index (χ1n) is 4.34. The Bertz CT molecular complexity index is 287. The Morgan fingerprint density at radius 2 is 2.46 bits per heavy atom. The molecule has 1 unspecified atom stereocenters. The fourth-order valence-electron chi connectivity index (χ4n) is 1.60. The highest BCUT2D eigenvalue weighted by Gasteiger charge is 2.25. The van der Waals surface area contributed by atoms with Gasteiger partial charge in [0.1, 0.15) is 0 Å². The molecule has 4 heteroatoms. The van der Waals surface area contributed by atoms with Crippen LogP contribution in [0.25, 0.3) is 0 Å². The van der Waals surface area contributed by atoms with E-state index in [1.807, 2.05) is 23.1 Å². The summed E-state index contributed by atoms with van der Waals surface area (Å²) in [6.45, 7) is 2.26. The van der Waals surface area contributed by atoms with Crippen molar-refractivity contribution in [2.75, 3.05) is 7.11 Å². The molecule has 2 heterocycles. The summed E-state index contributed by atoms with van der Waals surface area (Å²) in [6.07, 6.45) is 1.14. The normalized spacial score (nSPS) is 27.2. The smallest absolute Gasteiger partial charge is 0.0649 e. The maximum atomic E-state index is 5.00. The first-order chi connectivity index (χ1) is 6.31. The average Bonchev–Trinajstić information content (AvgIpc) is 2.52. The Balaban J connectivity index is 2.22. The molecule has 1 aliphatic heterocycles. The second-order valence-corrected chi connectivity index (χ2v) is 5.83. The zero-order valence-electron chi connectivity index (χ0n) is 7.74. The molecule has 0 saturated heterocycles. The molecule has 0 spiro atoms. The van der Waals surface area contributed by atoms with E-state index in [1.165, 1.54) is 9.77 Å². The summed E-state index contributed by atoms with van der Waals surface area (Å²) in [7, 11) is 1.68. The van der Waals surface area contributed by atoms with Crippen molar-refractivity contribution >= 4 is 23.1 Å². The van der Waals surface area contributed by atoms with Crippen molar-refractivity contribution in [2.45, 2.75) is 28.8 Å². The van der Waals surface area contributed by atoms with Crippen molar-refractivity contribution in [2.24, 2.45) is 0 Å². The summed E-state index contributed by atoms with van der Waals surface area (Å²) in [4.78, 5) is 5.00. The van der Waals surface area contributed by atoms with Crippen LogP contribution in [-0.4, -0.2) is 12.4 Å². The summed E-state index contributed by atoms with van der Waals surface area (Å²) in [5, 5.41) is 2.83. The van der Waals surface area contributed by atoms with Crippen LogP contribution in [0.3, 0.4) is 0 Å². The number of nitrogens with one attached hydrogen (secondary N) is 1. The van der Waals surface area contributed by atoms with E-state index in [-0.39, 0.29) is 0 Å². The molecule has 2 atom stereocenters. The standard InChI is InChI=1S/C9H13NOS2/c1-6-5-8(10-11-2)7-3-4-12-9(7)13-6/h3-4,6,8,10H,5H2,1-2H3/t6-,8?/m0/s1. The van der Waals surface area contributed by atoms with Crippen molar-refractivity contribution in [3.63, 3.8) is 0 Å². The predicted octanol–water partition coefficient (Wildman–Crippen LogP) is 2.82. The third-order valence-corrected chi connectivity index (χ3v) is 4.51. The SMILES string of the molecule is CONC1C[C@H](C)Sc2sccc21. The molecule has 0 fully saturated rings. The molecule has 0 radical (unpaired) electrons. The molecule has 1 aromatic heterocycles. The molecule has 0 bridgehead atoms. The maximum absolute atomic E-state index is 5.00. The molecular weight excluding hydrogens is 202 g/mol. The summed E-state index contributed by atoms with van der Waals surface area (Å²) in [5.74, 6) is 0. The van der Waals surface area contributed by atoms with Gasteiger partial charge in [0.15, 0.2) is 0 Å². The minimum atomic E-state index is 0.377. The van der Waals surface area contributed by atoms with Crippen LogP contribution in [0.5, 0.6) is 0 Å². The van der Waals surface area contributed by atoms with Crippen LogP contribution >= 0.6 is 23.1 Å². The highest BCUT2D eigenvalue weighted by molar-refractivity contribution is 8.01. The van der Waals surface area contributed by atoms with Crippen LogP contribution in [0, 0.1) is 0 Å². The van der Waals surface area contributed by atoms with E-state index < -0.39 is 0 Å². The van der Waals surface area contributed by atoms with Crippen molar-refractivity contribution in [1.82, 2.24) is 5.48 Å². The lowest BCUT2D eigenvalue weighted by Crippen LogP contribution is -2.25. The van der Waals surface area contributed by atoms with E-state index in [0.717, 1.165) is 6.42 Å². The topological polar surface area (TPSA) is 21.3 Å². The van der Waals surface area contributed by atoms with Gasteiger partial charge >= 0.3 is 0 Å². The van der Waals surface area contributed by atoms with Gasteiger partial charge in [-0.05, 0) is 23.4 Å². The van der Waals surface area contributed by atoms with Crippen LogP contribution in [0.4, 0.5) is 0 Å². The summed E-state index contributed by atoms with van der Waals surface area (Å²) >= 11 is 3.80. The molecule has 0 amide bonds. The monoisotopic (exact) mass is 215 g/mol. The minimum absolute atomic E-state index is 0.377. The lowest BCUT2D eigenvalue weighted by atomic mass is 10.1. The van der Waals surface area contributed by atoms with Crippen molar-refractivity contribution < 1.29 is 4.84 Å². The van der Waals surface area contributed by atoms with Crippen molar-refractivity contribution in [3.05, 3.63) is 17.0 Å². The van der Waals surface area contributed by atoms with Crippen molar-refractivity contribution in [1.29, 1.82) is 0 Å². The second kappa shape index (κ2) is 4.00. The summed E-state index contributed by atoms with van der Waals surface area (Å²) < 4.78 is 1.44. The van der Waals surface area contributed by atoms with Gasteiger partial charge in [0.05, 0.1) is 17.4 Å². The zero-order valence-corrected chi connectivity index (χ0v) is 9.37. The van der Waals surface area contributed by atoms with E-state index in [2.05, 4.69) is 23.9 Å². The average molecular weight is 215 g/mol. The maximum Gasteiger partial charge on any atom is 0.0649 e. The van der Waals surface area contributed by atoms with Gasteiger partial charge < -0.3 is 4.84 Å². The lowest BCUT2D eigenvalue weighted by Gasteiger charge is -2.26. The molecule has 13 heavy (non-hydrogen) atoms. The van der Waals surface area contributed by atoms with E-state index in [1.54, 1.807) is 7.11 Å². The second-order valence-electron chi connectivity index (χ2n) is 3.20. The van der Waals surface area contributed by atoms with Gasteiger partial charge in [-0.25, -0.2) is 0 Å². The van der Waals surface area contributed by atoms with Crippen LogP contribution in [0.15, 0.2) is 15.7 Å². The quantitative estimate of drug-likeness (QED) is 0.767. The Kier molecular flexibility index (Phi) is 2.93. The fraction of sp³-hybridized carbons (Fsp3) is 0.556. The van der Waals surface area contributed by atoms with Crippen LogP contribution in [0.2, 0.25) is 0 Å². The van der Waals surface area contributed by atoms with E-state index in [0.29, 0.717) is 11.3 Å². The van der Waals surface area contributed by atoms with Gasteiger partial charge in [0.25, 0.3) is 0 Å². The number of hydroxylamine groups is 1. The van der Waals surface area contributed by atoms with Gasteiger partial charge in [-0.3, -0.25) is 0 Å². The summed E-state index contributed by atoms with van der Waals surface area (Å²) in [6, 6.07) is 2.57. The molecule has 1 aromatic rings. The van der Waals surface area contributed by atoms with Gasteiger partial charge in [-0.1, -0.05) is 6.92 Å². The number of hydrogen-bond acceptors (Lipinski definition) is 4. The van der Waals surface area contributed by atoms with E-state index >= 15 is 0 Å². The molecule has 72 valence electrons. The molecule has 2 rings (SSSR count). The molecule has 0 saturated carbocycles. The first-order valence-corrected chi connectivity index (χ1v) is 6.09. The minimum Gasteiger partial charge on any atom is -0.305 e. The Morgan fingerprint density at radius 1 is 1.62 bits per heavy atom. The predicted molar refractivity (Wildman–Crippen MR) is 57.1 cm³/mol. The zero-order chi connectivity index (χ0) is 9.26. The van der Waals surface area contributed by atoms with Crippen LogP contribution < -0.4 is 5.48 Å². The molecular formula is C9H13NOS2. The highest BCUT2D eigenvalue weighted by atomic mass is 32.2. The van der Waals surface area contributed by atoms with E-state index in [9.17, 15) is 0 Å². The number of fused-ring (bicyclic) bond motifs is 1. The third-order valence-electron chi connectivity index (χ3n) is 2.17. The first kappa shape index (κ1) is 9.52. The molecule has 1 N–H and O–H groups in total. The van der Waals surface area contributed by atoms with E-state index in [4.69, 9.17) is 4.84 Å². The largest absolute Gasteiger partial charge is 0.305 e. The van der Waals surface area contributed by atoms with Gasteiger partial charge in [0.2, 0.25) is 0 Å². The third kappa shape index (κ3) is 1.91. The van der Waals surface area contributed by atoms with Crippen molar-refractivity contribution in [3.8, 4) is 0 Å². The molecule has 1 aliphatic rings. The molecule has 2 nitrogen and oxygen atoms in total. The fourth-order valence-corrected chi connectivity index (χ4v) is 4.17. The lowest BCUT2D eigenvalue weighted by molar-refractivity contribution is 0.0568. The Morgan fingerprint density at radius 3 is 3.23 bits per heavy atom. The number of thioether (sulfide) groups is 1. The number of hydrogen-bond donors (Lipinski definition) is 1. The Labute approximate surface area is 86.6 Å². The van der Waals surface area contributed by atoms with Gasteiger partial charge in [-0.2, -0.15) is 5.48 Å². The van der Waals surface area contributed by atoms with Gasteiger partial charge in [0, 0.05) is 5.25 Å². The number of thiophene rings is 1.